The van der Waals surface area contributed by atoms with Gasteiger partial charge in [-0.2, -0.15) is 26.3 Å². The maximum absolute atomic E-state index is 14.8. The highest BCUT2D eigenvalue weighted by atomic mass is 79.9. The number of alkyl halides is 16. The molecule has 0 atom stereocenters. The highest BCUT2D eigenvalue weighted by molar-refractivity contribution is 9.09. The lowest BCUT2D eigenvalue weighted by atomic mass is 9.36. The van der Waals surface area contributed by atoms with Gasteiger partial charge in [-0.1, -0.05) is 15.9 Å². The Hall–Kier alpha value is -1.10. The van der Waals surface area contributed by atoms with E-state index in [9.17, 15) is 70.7 Å². The summed E-state index contributed by atoms with van der Waals surface area (Å²) in [5, 5.41) is -0.497. The minimum Gasteiger partial charge on any atom is -0.464 e. The number of esters is 1. The Morgan fingerprint density at radius 2 is 0.844 bits per heavy atom. The summed E-state index contributed by atoms with van der Waals surface area (Å²) in [6.45, 7) is -3.48. The van der Waals surface area contributed by atoms with Gasteiger partial charge in [-0.25, -0.2) is 39.5 Å². The van der Waals surface area contributed by atoms with Gasteiger partial charge in [-0.3, -0.25) is 4.79 Å². The largest absolute Gasteiger partial charge is 0.464 e. The molecule has 18 heteroatoms. The van der Waals surface area contributed by atoms with Gasteiger partial charge in [0.2, 0.25) is 5.41 Å². The van der Waals surface area contributed by atoms with E-state index in [4.69, 9.17) is 0 Å². The van der Waals surface area contributed by atoms with Gasteiger partial charge in [0, 0.05) is 5.33 Å². The van der Waals surface area contributed by atoms with Crippen LogP contribution >= 0.6 is 15.9 Å². The molecule has 0 radical (unpaired) electrons. The molecule has 4 rings (SSSR count). The Kier molecular flexibility index (Phi) is 4.59. The molecule has 4 fully saturated rings. The first-order chi connectivity index (χ1) is 14.0. The molecule has 2 nitrogen and oxygen atoms in total. The third-order valence-corrected chi connectivity index (χ3v) is 6.65. The fraction of sp³-hybridized carbons (Fsp3) is 0.929. The summed E-state index contributed by atoms with van der Waals surface area (Å²) in [7, 11) is 0. The van der Waals surface area contributed by atoms with Crippen LogP contribution in [0.1, 0.15) is 6.42 Å². The first kappa shape index (κ1) is 25.5. The quantitative estimate of drug-likeness (QED) is 0.261. The molecule has 0 aliphatic heterocycles. The molecule has 32 heavy (non-hydrogen) atoms. The second-order valence-electron chi connectivity index (χ2n) is 7.43. The minimum absolute atomic E-state index is 0.497. The summed E-state index contributed by atoms with van der Waals surface area (Å²) < 4.78 is 221. The highest BCUT2D eigenvalue weighted by Gasteiger charge is 3.22. The average Bonchev–Trinajstić information content (AvgIpc) is 2.62. The second-order valence-corrected chi connectivity index (χ2v) is 8.22. The van der Waals surface area contributed by atoms with Gasteiger partial charge in [0.25, 0.3) is 0 Å². The number of hydrogen-bond acceptors (Lipinski definition) is 2. The summed E-state index contributed by atoms with van der Waals surface area (Å²) >= 11 is 2.50. The van der Waals surface area contributed by atoms with Crippen molar-refractivity contribution >= 4 is 21.9 Å². The van der Waals surface area contributed by atoms with Crippen molar-refractivity contribution < 1.29 is 75.4 Å². The van der Waals surface area contributed by atoms with E-state index < -0.39 is 82.3 Å². The first-order valence-corrected chi connectivity index (χ1v) is 9.13. The van der Waals surface area contributed by atoms with Crippen LogP contribution in [0.25, 0.3) is 0 Å². The number of rotatable bonds is 4. The van der Waals surface area contributed by atoms with Crippen molar-refractivity contribution in [1.29, 1.82) is 0 Å². The maximum atomic E-state index is 14.8. The maximum Gasteiger partial charge on any atom is 0.339 e. The molecular weight excluding hydrogens is 565 g/mol. The molecule has 4 aliphatic rings. The number of hydrogen-bond donors (Lipinski definition) is 0. The number of carbonyl (C=O) groups excluding carboxylic acids is 1. The molecule has 0 spiro atoms. The van der Waals surface area contributed by atoms with Crippen LogP contribution in [0.4, 0.5) is 65.9 Å². The van der Waals surface area contributed by atoms with Crippen molar-refractivity contribution in [2.45, 2.75) is 59.0 Å². The van der Waals surface area contributed by atoms with Crippen LogP contribution in [0.3, 0.4) is 0 Å². The Morgan fingerprint density at radius 1 is 0.562 bits per heavy atom. The van der Waals surface area contributed by atoms with Gasteiger partial charge in [-0.05, 0) is 0 Å². The fourth-order valence-electron chi connectivity index (χ4n) is 4.57. The van der Waals surface area contributed by atoms with Crippen LogP contribution in [-0.2, 0) is 9.53 Å². The Labute approximate surface area is 174 Å². The molecule has 0 N–H and O–H groups in total. The van der Waals surface area contributed by atoms with Crippen molar-refractivity contribution in [2.24, 2.45) is 5.41 Å². The average molecular weight is 571 g/mol. The molecular formula is C14H6BrF15O2. The van der Waals surface area contributed by atoms with Gasteiger partial charge in [0.15, 0.2) is 0 Å². The van der Waals surface area contributed by atoms with E-state index >= 15 is 0 Å². The van der Waals surface area contributed by atoms with Gasteiger partial charge in [0.05, 0.1) is 6.42 Å². The monoisotopic (exact) mass is 570 g/mol. The zero-order valence-corrected chi connectivity index (χ0v) is 16.1. The summed E-state index contributed by atoms with van der Waals surface area (Å²) in [6, 6.07) is 0. The van der Waals surface area contributed by atoms with Gasteiger partial charge >= 0.3 is 58.5 Å². The molecule has 0 saturated heterocycles. The normalized spacial score (nSPS) is 45.5. The van der Waals surface area contributed by atoms with E-state index in [1.807, 2.05) is 0 Å². The lowest BCUT2D eigenvalue weighted by Crippen LogP contribution is -3.08. The SMILES string of the molecule is O=C(CCBr)OCC12C(F)(F)C3(F)C(F)(F)C(F)(C(F)(F)C(F)(C3(F)F)C1(F)F)C2(F)F. The Balaban J connectivity index is 2.54. The number of ether oxygens (including phenoxy) is 1. The van der Waals surface area contributed by atoms with Gasteiger partial charge < -0.3 is 4.74 Å². The van der Waals surface area contributed by atoms with E-state index in [1.54, 1.807) is 0 Å². The van der Waals surface area contributed by atoms with Crippen LogP contribution in [-0.4, -0.2) is 70.4 Å². The smallest absolute Gasteiger partial charge is 0.339 e. The first-order valence-electron chi connectivity index (χ1n) is 8.01. The molecule has 0 heterocycles. The van der Waals surface area contributed by atoms with E-state index in [2.05, 4.69) is 20.7 Å². The molecule has 0 aromatic heterocycles. The van der Waals surface area contributed by atoms with Gasteiger partial charge in [0.1, 0.15) is 6.61 Å². The molecule has 4 bridgehead atoms. The molecule has 0 aromatic rings. The van der Waals surface area contributed by atoms with E-state index in [-0.39, 0.29) is 0 Å². The minimum atomic E-state index is -7.84. The molecule has 0 aromatic carbocycles. The van der Waals surface area contributed by atoms with Crippen molar-refractivity contribution in [1.82, 2.24) is 0 Å². The lowest BCUT2D eigenvalue weighted by Gasteiger charge is -2.75. The molecule has 4 saturated carbocycles. The molecule has 0 unspecified atom stereocenters. The second kappa shape index (κ2) is 5.75. The molecule has 0 amide bonds. The Morgan fingerprint density at radius 3 is 1.09 bits per heavy atom. The third kappa shape index (κ3) is 1.67. The number of halogens is 16. The van der Waals surface area contributed by atoms with E-state index in [0.717, 1.165) is 0 Å². The van der Waals surface area contributed by atoms with Crippen molar-refractivity contribution in [3.63, 3.8) is 0 Å². The van der Waals surface area contributed by atoms with E-state index in [0.29, 0.717) is 0 Å². The number of carbonyl (C=O) groups is 1. The summed E-state index contributed by atoms with van der Waals surface area (Å²) in [4.78, 5) is 11.3. The zero-order chi connectivity index (χ0) is 25.4. The van der Waals surface area contributed by atoms with E-state index in [1.165, 1.54) is 0 Å². The predicted octanol–water partition coefficient (Wildman–Crippen LogP) is 5.28. The highest BCUT2D eigenvalue weighted by Crippen LogP contribution is 2.90. The van der Waals surface area contributed by atoms with Crippen molar-refractivity contribution in [3.8, 4) is 0 Å². The molecule has 186 valence electrons. The topological polar surface area (TPSA) is 26.3 Å². The molecule has 4 aliphatic carbocycles. The van der Waals surface area contributed by atoms with Crippen LogP contribution in [0, 0.1) is 5.41 Å². The predicted molar refractivity (Wildman–Crippen MR) is 73.0 cm³/mol. The Bertz CT molecular complexity index is 757. The zero-order valence-electron chi connectivity index (χ0n) is 14.5. The third-order valence-electron chi connectivity index (χ3n) is 6.25. The van der Waals surface area contributed by atoms with Crippen molar-refractivity contribution in [2.75, 3.05) is 11.9 Å². The van der Waals surface area contributed by atoms with Crippen molar-refractivity contribution in [3.05, 3.63) is 0 Å². The summed E-state index contributed by atoms with van der Waals surface area (Å²) in [5.74, 6) is -48.2. The van der Waals surface area contributed by atoms with Crippen LogP contribution < -0.4 is 0 Å². The van der Waals surface area contributed by atoms with Crippen LogP contribution in [0.2, 0.25) is 0 Å². The summed E-state index contributed by atoms with van der Waals surface area (Å²) in [5.41, 5.74) is -29.7. The standard InChI is InChI=1S/C14H6BrF15O2/c15-2-1-4(31)32-3-5-9(19,20)6(16)12(25,26)7(17,10(5,21)22)14(29,30)8(18,11(5,23)24)13(6,27)28/h1-3H2. The van der Waals surface area contributed by atoms with Gasteiger partial charge in [-0.15, -0.1) is 0 Å². The fourth-order valence-corrected chi connectivity index (χ4v) is 4.89. The van der Waals surface area contributed by atoms with Crippen LogP contribution in [0.5, 0.6) is 0 Å². The summed E-state index contributed by atoms with van der Waals surface area (Å²) in [6.07, 6.45) is -1.04. The van der Waals surface area contributed by atoms with Crippen LogP contribution in [0.15, 0.2) is 0 Å². The lowest BCUT2D eigenvalue weighted by molar-refractivity contribution is -0.613.